The normalized spacial score (nSPS) is 20.8. The van der Waals surface area contributed by atoms with Crippen LogP contribution in [0, 0.1) is 0 Å². The third-order valence-corrected chi connectivity index (χ3v) is 6.48. The summed E-state index contributed by atoms with van der Waals surface area (Å²) in [6, 6.07) is 1.79. The minimum absolute atomic E-state index is 0.0119. The van der Waals surface area contributed by atoms with E-state index in [4.69, 9.17) is 4.74 Å². The lowest BCUT2D eigenvalue weighted by Crippen LogP contribution is -2.45. The van der Waals surface area contributed by atoms with Crippen molar-refractivity contribution in [2.24, 2.45) is 0 Å². The standard InChI is InChI=1S/C14H24N2O3S2/c1-3-5-15-9-13-8-14(11-20-13)21(17,18)16-6-7-19-12(4-2)10-16/h8,11-12,15H,3-7,9-10H2,1-2H3. The molecule has 21 heavy (non-hydrogen) atoms. The van der Waals surface area contributed by atoms with E-state index < -0.39 is 10.0 Å². The summed E-state index contributed by atoms with van der Waals surface area (Å²) in [6.07, 6.45) is 1.92. The van der Waals surface area contributed by atoms with Crippen LogP contribution < -0.4 is 5.32 Å². The highest BCUT2D eigenvalue weighted by molar-refractivity contribution is 7.89. The molecule has 1 atom stereocenters. The van der Waals surface area contributed by atoms with Crippen molar-refractivity contribution in [3.05, 3.63) is 16.3 Å². The lowest BCUT2D eigenvalue weighted by Gasteiger charge is -2.31. The Morgan fingerprint density at radius 2 is 2.29 bits per heavy atom. The Balaban J connectivity index is 2.05. The van der Waals surface area contributed by atoms with Crippen LogP contribution in [0.25, 0.3) is 0 Å². The van der Waals surface area contributed by atoms with Crippen LogP contribution in [-0.2, 0) is 21.3 Å². The molecule has 0 aliphatic carbocycles. The lowest BCUT2D eigenvalue weighted by atomic mass is 10.2. The molecule has 1 aromatic heterocycles. The number of morpholine rings is 1. The summed E-state index contributed by atoms with van der Waals surface area (Å²) < 4.78 is 32.4. The van der Waals surface area contributed by atoms with Gasteiger partial charge in [-0.25, -0.2) is 8.42 Å². The molecule has 0 radical (unpaired) electrons. The van der Waals surface area contributed by atoms with Gasteiger partial charge < -0.3 is 10.1 Å². The van der Waals surface area contributed by atoms with Crippen molar-refractivity contribution in [1.82, 2.24) is 9.62 Å². The molecule has 1 N–H and O–H groups in total. The molecular formula is C14H24N2O3S2. The van der Waals surface area contributed by atoms with E-state index in [9.17, 15) is 8.42 Å². The Labute approximate surface area is 131 Å². The average molecular weight is 332 g/mol. The average Bonchev–Trinajstić information content (AvgIpc) is 2.97. The first-order chi connectivity index (χ1) is 10.1. The zero-order chi connectivity index (χ0) is 15.3. The van der Waals surface area contributed by atoms with Crippen LogP contribution in [0.5, 0.6) is 0 Å². The van der Waals surface area contributed by atoms with Crippen LogP contribution in [0.1, 0.15) is 31.6 Å². The number of nitrogens with one attached hydrogen (secondary N) is 1. The first-order valence-corrected chi connectivity index (χ1v) is 9.79. The van der Waals surface area contributed by atoms with E-state index in [1.54, 1.807) is 15.8 Å². The molecule has 1 saturated heterocycles. The van der Waals surface area contributed by atoms with Crippen LogP contribution in [0.2, 0.25) is 0 Å². The molecule has 0 amide bonds. The van der Waals surface area contributed by atoms with E-state index in [0.717, 1.165) is 30.8 Å². The molecule has 1 unspecified atom stereocenters. The molecule has 2 heterocycles. The molecule has 1 aliphatic heterocycles. The van der Waals surface area contributed by atoms with Gasteiger partial charge in [0.05, 0.1) is 17.6 Å². The van der Waals surface area contributed by atoms with Gasteiger partial charge in [-0.2, -0.15) is 4.31 Å². The Hall–Kier alpha value is -0.470. The summed E-state index contributed by atoms with van der Waals surface area (Å²) >= 11 is 1.50. The van der Waals surface area contributed by atoms with Crippen LogP contribution in [0.15, 0.2) is 16.3 Å². The van der Waals surface area contributed by atoms with Gasteiger partial charge in [0.2, 0.25) is 10.0 Å². The van der Waals surface area contributed by atoms with Gasteiger partial charge in [-0.05, 0) is 25.5 Å². The molecule has 0 aromatic carbocycles. The number of thiophene rings is 1. The van der Waals surface area contributed by atoms with E-state index in [2.05, 4.69) is 12.2 Å². The Kier molecular flexibility index (Phi) is 6.19. The van der Waals surface area contributed by atoms with E-state index in [0.29, 0.717) is 24.6 Å². The van der Waals surface area contributed by atoms with Crippen molar-refractivity contribution < 1.29 is 13.2 Å². The zero-order valence-electron chi connectivity index (χ0n) is 12.7. The molecule has 1 aromatic rings. The molecule has 1 fully saturated rings. The largest absolute Gasteiger partial charge is 0.375 e. The van der Waals surface area contributed by atoms with Crippen LogP contribution in [0.3, 0.4) is 0 Å². The molecular weight excluding hydrogens is 308 g/mol. The predicted octanol–water partition coefficient (Wildman–Crippen LogP) is 2.05. The second-order valence-corrected chi connectivity index (χ2v) is 8.12. The van der Waals surface area contributed by atoms with Gasteiger partial charge in [0.25, 0.3) is 0 Å². The summed E-state index contributed by atoms with van der Waals surface area (Å²) in [5, 5.41) is 5.04. The summed E-state index contributed by atoms with van der Waals surface area (Å²) in [5.74, 6) is 0. The first kappa shape index (κ1) is 16.9. The molecule has 7 heteroatoms. The zero-order valence-corrected chi connectivity index (χ0v) is 14.3. The summed E-state index contributed by atoms with van der Waals surface area (Å²) in [7, 11) is -3.38. The Morgan fingerprint density at radius 1 is 1.48 bits per heavy atom. The predicted molar refractivity (Wildman–Crippen MR) is 85.1 cm³/mol. The summed E-state index contributed by atoms with van der Waals surface area (Å²) in [5.41, 5.74) is 0. The first-order valence-electron chi connectivity index (χ1n) is 7.47. The number of ether oxygens (including phenoxy) is 1. The van der Waals surface area contributed by atoms with Crippen molar-refractivity contribution in [3.63, 3.8) is 0 Å². The van der Waals surface area contributed by atoms with Crippen molar-refractivity contribution in [2.75, 3.05) is 26.2 Å². The lowest BCUT2D eigenvalue weighted by molar-refractivity contribution is -0.00277. The fourth-order valence-corrected chi connectivity index (χ4v) is 4.97. The second-order valence-electron chi connectivity index (χ2n) is 5.19. The van der Waals surface area contributed by atoms with Crippen molar-refractivity contribution in [2.45, 2.75) is 44.2 Å². The number of rotatable bonds is 7. The number of hydrogen-bond acceptors (Lipinski definition) is 5. The minimum Gasteiger partial charge on any atom is -0.375 e. The number of sulfonamides is 1. The van der Waals surface area contributed by atoms with E-state index in [1.807, 2.05) is 6.92 Å². The molecule has 120 valence electrons. The highest BCUT2D eigenvalue weighted by Crippen LogP contribution is 2.24. The second kappa shape index (κ2) is 7.69. The molecule has 0 bridgehead atoms. The van der Waals surface area contributed by atoms with E-state index in [-0.39, 0.29) is 6.10 Å². The van der Waals surface area contributed by atoms with Crippen LogP contribution in [-0.4, -0.2) is 45.1 Å². The molecule has 5 nitrogen and oxygen atoms in total. The summed E-state index contributed by atoms with van der Waals surface area (Å²) in [6.45, 7) is 7.18. The molecule has 0 spiro atoms. The Bertz CT molecular complexity index is 542. The highest BCUT2D eigenvalue weighted by atomic mass is 32.2. The monoisotopic (exact) mass is 332 g/mol. The van der Waals surface area contributed by atoms with Gasteiger partial charge >= 0.3 is 0 Å². The van der Waals surface area contributed by atoms with E-state index in [1.165, 1.54) is 11.3 Å². The maximum Gasteiger partial charge on any atom is 0.244 e. The minimum atomic E-state index is -3.38. The fraction of sp³-hybridized carbons (Fsp3) is 0.714. The van der Waals surface area contributed by atoms with Gasteiger partial charge in [0.1, 0.15) is 0 Å². The third kappa shape index (κ3) is 4.26. The molecule has 0 saturated carbocycles. The Morgan fingerprint density at radius 3 is 3.00 bits per heavy atom. The molecule has 2 rings (SSSR count). The maximum absolute atomic E-state index is 12.6. The topological polar surface area (TPSA) is 58.6 Å². The quantitative estimate of drug-likeness (QED) is 0.777. The van der Waals surface area contributed by atoms with Crippen LogP contribution in [0.4, 0.5) is 0 Å². The maximum atomic E-state index is 12.6. The van der Waals surface area contributed by atoms with Gasteiger partial charge in [-0.15, -0.1) is 11.3 Å². The third-order valence-electron chi connectivity index (χ3n) is 3.55. The number of hydrogen-bond donors (Lipinski definition) is 1. The van der Waals surface area contributed by atoms with Gasteiger partial charge in [0.15, 0.2) is 0 Å². The van der Waals surface area contributed by atoms with E-state index >= 15 is 0 Å². The van der Waals surface area contributed by atoms with Gasteiger partial charge in [-0.3, -0.25) is 0 Å². The SMILES string of the molecule is CCCNCc1cc(S(=O)(=O)N2CCOC(CC)C2)cs1. The smallest absolute Gasteiger partial charge is 0.244 e. The fourth-order valence-electron chi connectivity index (χ4n) is 2.28. The summed E-state index contributed by atoms with van der Waals surface area (Å²) in [4.78, 5) is 1.47. The van der Waals surface area contributed by atoms with Crippen molar-refractivity contribution >= 4 is 21.4 Å². The molecule has 1 aliphatic rings. The van der Waals surface area contributed by atoms with Crippen LogP contribution >= 0.6 is 11.3 Å². The van der Waals surface area contributed by atoms with Gasteiger partial charge in [0, 0.05) is 29.9 Å². The number of nitrogens with zero attached hydrogens (tertiary/aromatic N) is 1. The highest BCUT2D eigenvalue weighted by Gasteiger charge is 2.30. The van der Waals surface area contributed by atoms with Crippen molar-refractivity contribution in [1.29, 1.82) is 0 Å². The van der Waals surface area contributed by atoms with Gasteiger partial charge in [-0.1, -0.05) is 13.8 Å². The van der Waals surface area contributed by atoms with Crippen molar-refractivity contribution in [3.8, 4) is 0 Å².